The fraction of sp³-hybridized carbons (Fsp3) is 0. The first kappa shape index (κ1) is 368. The van der Waals surface area contributed by atoms with Crippen LogP contribution < -0.4 is 0 Å². The summed E-state index contributed by atoms with van der Waals surface area (Å²) >= 11 is 0. The summed E-state index contributed by atoms with van der Waals surface area (Å²) in [4.78, 5) is 0. The van der Waals surface area contributed by atoms with Crippen LogP contribution in [-0.4, -0.2) is 32.9 Å². The van der Waals surface area contributed by atoms with Crippen molar-refractivity contribution in [3.63, 3.8) is 0 Å². The van der Waals surface area contributed by atoms with Crippen molar-refractivity contribution in [2.45, 2.75) is 0 Å². The maximum Gasteiger partial charge on any atom is 0 e. The molecule has 12 N–H and O–H groups in total. The van der Waals surface area contributed by atoms with Crippen LogP contribution in [0.15, 0.2) is 0 Å². The third-order valence-electron chi connectivity index (χ3n) is 0. The van der Waals surface area contributed by atoms with Gasteiger partial charge in [-0.05, 0) is 0 Å². The van der Waals surface area contributed by atoms with E-state index in [1.54, 1.807) is 0 Å². The Kier molecular flexibility index (Phi) is 10300. The van der Waals surface area contributed by atoms with E-state index in [9.17, 15) is 0 Å². The first-order valence-electron chi connectivity index (χ1n) is 0. The maximum absolute atomic E-state index is 0. The van der Waals surface area contributed by atoms with Crippen LogP contribution in [-0.2, 0) is 0 Å². The molecule has 0 rings (SSSR count). The standard InChI is InChI=1S/3ClH.Nd.6H2O/h3*1H;;6*1H2. The van der Waals surface area contributed by atoms with Gasteiger partial charge in [-0.15, -0.1) is 37.2 Å². The molecule has 0 aromatic carbocycles. The molecule has 0 saturated carbocycles. The van der Waals surface area contributed by atoms with Crippen molar-refractivity contribution < 1.29 is 73.7 Å². The molecule has 0 aliphatic carbocycles. The predicted octanol–water partition coefficient (Wildman–Crippen LogP) is -3.68. The Labute approximate surface area is 110 Å². The van der Waals surface area contributed by atoms with Gasteiger partial charge in [0.25, 0.3) is 0 Å². The zero-order chi connectivity index (χ0) is 0. The van der Waals surface area contributed by atoms with Crippen molar-refractivity contribution in [2.75, 3.05) is 0 Å². The molecule has 6 nitrogen and oxygen atoms in total. The van der Waals surface area contributed by atoms with Crippen LogP contribution in [0.4, 0.5) is 0 Å². The SMILES string of the molecule is Cl.Cl.Cl.O.O.O.O.O.O.[Nd]. The average molecular weight is 362 g/mol. The Morgan fingerprint density at radius 3 is 0.300 bits per heavy atom. The Morgan fingerprint density at radius 1 is 0.300 bits per heavy atom. The van der Waals surface area contributed by atoms with E-state index in [2.05, 4.69) is 0 Å². The van der Waals surface area contributed by atoms with Crippen molar-refractivity contribution in [1.29, 1.82) is 0 Å². The molecule has 0 amide bonds. The van der Waals surface area contributed by atoms with Crippen LogP contribution in [0.1, 0.15) is 0 Å². The molecule has 76 valence electrons. The van der Waals surface area contributed by atoms with Crippen LogP contribution in [0.5, 0.6) is 0 Å². The smallest absolute Gasteiger partial charge is 0 e. The molecule has 0 aromatic heterocycles. The number of halogens is 3. The summed E-state index contributed by atoms with van der Waals surface area (Å²) in [6.45, 7) is 0. The van der Waals surface area contributed by atoms with Gasteiger partial charge in [0.2, 0.25) is 0 Å². The van der Waals surface area contributed by atoms with Gasteiger partial charge >= 0.3 is 0 Å². The molecule has 0 unspecified atom stereocenters. The van der Waals surface area contributed by atoms with Gasteiger partial charge in [0.05, 0.1) is 0 Å². The zero-order valence-electron chi connectivity index (χ0n) is 4.72. The molecule has 10 heteroatoms. The van der Waals surface area contributed by atoms with E-state index in [0.29, 0.717) is 0 Å². The van der Waals surface area contributed by atoms with E-state index < -0.39 is 0 Å². The predicted molar refractivity (Wildman–Crippen MR) is 43.4 cm³/mol. The summed E-state index contributed by atoms with van der Waals surface area (Å²) in [6.07, 6.45) is 0. The van der Waals surface area contributed by atoms with E-state index in [1.165, 1.54) is 0 Å². The molecule has 0 bridgehead atoms. The molecule has 0 aromatic rings. The summed E-state index contributed by atoms with van der Waals surface area (Å²) < 4.78 is 0. The van der Waals surface area contributed by atoms with Crippen molar-refractivity contribution in [3.8, 4) is 0 Å². The van der Waals surface area contributed by atoms with E-state index in [4.69, 9.17) is 0 Å². The fourth-order valence-electron chi connectivity index (χ4n) is 0. The fourth-order valence-corrected chi connectivity index (χ4v) is 0. The number of hydrogen-bond donors (Lipinski definition) is 0. The monoisotopic (exact) mass is 358 g/mol. The number of hydrogen-bond acceptors (Lipinski definition) is 0. The maximum atomic E-state index is 0. The molecular formula is H15Cl3NdO6. The summed E-state index contributed by atoms with van der Waals surface area (Å²) in [5.74, 6) is 0. The molecule has 0 aliphatic heterocycles. The molecule has 0 atom stereocenters. The van der Waals surface area contributed by atoms with Crippen LogP contribution in [0, 0.1) is 40.8 Å². The minimum absolute atomic E-state index is 0. The normalized spacial score (nSPS) is 0. The summed E-state index contributed by atoms with van der Waals surface area (Å²) in [7, 11) is 0. The summed E-state index contributed by atoms with van der Waals surface area (Å²) in [6, 6.07) is 0. The van der Waals surface area contributed by atoms with Gasteiger partial charge in [-0.2, -0.15) is 0 Å². The van der Waals surface area contributed by atoms with Crippen LogP contribution in [0.2, 0.25) is 0 Å². The molecule has 0 heterocycles. The second-order valence-corrected chi connectivity index (χ2v) is 0. The Balaban J connectivity index is 0. The Morgan fingerprint density at radius 2 is 0.300 bits per heavy atom. The van der Waals surface area contributed by atoms with Gasteiger partial charge in [0.15, 0.2) is 0 Å². The van der Waals surface area contributed by atoms with E-state index in [1.807, 2.05) is 0 Å². The second kappa shape index (κ2) is 279. The third kappa shape index (κ3) is 205. The van der Waals surface area contributed by atoms with Crippen molar-refractivity contribution in [1.82, 2.24) is 0 Å². The van der Waals surface area contributed by atoms with Crippen LogP contribution in [0.3, 0.4) is 0 Å². The first-order chi connectivity index (χ1) is 0. The minimum atomic E-state index is 0. The molecule has 0 saturated heterocycles. The molecule has 0 aliphatic rings. The average Bonchev–Trinajstić information content (AvgIpc) is 0. The van der Waals surface area contributed by atoms with E-state index in [0.717, 1.165) is 0 Å². The Hall–Kier alpha value is 1.98. The first-order valence-corrected chi connectivity index (χ1v) is 0. The van der Waals surface area contributed by atoms with Crippen molar-refractivity contribution in [3.05, 3.63) is 0 Å². The van der Waals surface area contributed by atoms with E-state index in [-0.39, 0.29) is 111 Å². The van der Waals surface area contributed by atoms with Gasteiger partial charge in [0.1, 0.15) is 0 Å². The van der Waals surface area contributed by atoms with Crippen LogP contribution in [0.25, 0.3) is 0 Å². The van der Waals surface area contributed by atoms with E-state index >= 15 is 0 Å². The number of rotatable bonds is 0. The molecular weight excluding hydrogens is 347 g/mol. The molecule has 10 heavy (non-hydrogen) atoms. The van der Waals surface area contributed by atoms with Gasteiger partial charge < -0.3 is 32.9 Å². The quantitative estimate of drug-likeness (QED) is 0.411. The topological polar surface area (TPSA) is 189 Å². The zero-order valence-corrected chi connectivity index (χ0v) is 10.4. The Bertz CT molecular complexity index is 13.0. The summed E-state index contributed by atoms with van der Waals surface area (Å²) in [5.41, 5.74) is 0. The molecule has 0 spiro atoms. The molecule has 0 radical (unpaired) electrons. The van der Waals surface area contributed by atoms with Crippen molar-refractivity contribution in [2.24, 2.45) is 0 Å². The largest absolute Gasteiger partial charge is 0.412 e. The van der Waals surface area contributed by atoms with Crippen LogP contribution >= 0.6 is 37.2 Å². The van der Waals surface area contributed by atoms with Gasteiger partial charge in [-0.3, -0.25) is 0 Å². The second-order valence-electron chi connectivity index (χ2n) is 0. The van der Waals surface area contributed by atoms with Gasteiger partial charge in [0, 0.05) is 40.8 Å². The minimum Gasteiger partial charge on any atom is -0.412 e. The van der Waals surface area contributed by atoms with Gasteiger partial charge in [-0.1, -0.05) is 0 Å². The third-order valence-corrected chi connectivity index (χ3v) is 0. The molecule has 0 fully saturated rings. The summed E-state index contributed by atoms with van der Waals surface area (Å²) in [5, 5.41) is 0. The van der Waals surface area contributed by atoms with Crippen molar-refractivity contribution >= 4 is 37.2 Å². The van der Waals surface area contributed by atoms with Gasteiger partial charge in [-0.25, -0.2) is 0 Å².